The predicted molar refractivity (Wildman–Crippen MR) is 79.5 cm³/mol. The summed E-state index contributed by atoms with van der Waals surface area (Å²) in [5.41, 5.74) is 0.644. The molecule has 0 saturated carbocycles. The fraction of sp³-hybridized carbons (Fsp3) is 0.286. The van der Waals surface area contributed by atoms with E-state index in [-0.39, 0.29) is 5.56 Å². The van der Waals surface area contributed by atoms with E-state index in [1.54, 1.807) is 30.1 Å². The molecule has 0 radical (unpaired) electrons. The highest BCUT2D eigenvalue weighted by Crippen LogP contribution is 2.26. The van der Waals surface area contributed by atoms with Crippen molar-refractivity contribution in [3.8, 4) is 5.75 Å². The number of hydrogen-bond donors (Lipinski definition) is 1. The fourth-order valence-electron chi connectivity index (χ4n) is 1.89. The van der Waals surface area contributed by atoms with Gasteiger partial charge >= 0.3 is 0 Å². The van der Waals surface area contributed by atoms with E-state index in [0.29, 0.717) is 29.7 Å². The van der Waals surface area contributed by atoms with Crippen molar-refractivity contribution in [1.82, 2.24) is 9.55 Å². The van der Waals surface area contributed by atoms with Gasteiger partial charge in [0.05, 0.1) is 7.11 Å². The van der Waals surface area contributed by atoms with Crippen molar-refractivity contribution in [3.05, 3.63) is 51.5 Å². The first-order valence-electron chi connectivity index (χ1n) is 6.28. The summed E-state index contributed by atoms with van der Waals surface area (Å²) in [6.45, 7) is 2.88. The average Bonchev–Trinajstić information content (AvgIpc) is 2.47. The van der Waals surface area contributed by atoms with Crippen LogP contribution in [0.2, 0.25) is 5.02 Å². The topological polar surface area (TPSA) is 56.1 Å². The van der Waals surface area contributed by atoms with Gasteiger partial charge in [-0.1, -0.05) is 17.7 Å². The van der Waals surface area contributed by atoms with Gasteiger partial charge in [-0.15, -0.1) is 0 Å². The summed E-state index contributed by atoms with van der Waals surface area (Å²) in [6, 6.07) is 5.42. The van der Waals surface area contributed by atoms with Crippen molar-refractivity contribution in [3.63, 3.8) is 0 Å². The SMILES string of the molecule is CCn1ccnc(NCc2c(Cl)cccc2OC)c1=O. The Labute approximate surface area is 122 Å². The van der Waals surface area contributed by atoms with Crippen molar-refractivity contribution in [1.29, 1.82) is 0 Å². The van der Waals surface area contributed by atoms with Gasteiger partial charge in [0.2, 0.25) is 0 Å². The molecule has 1 aromatic heterocycles. The van der Waals surface area contributed by atoms with Crippen LogP contribution in [0.3, 0.4) is 0 Å². The standard InChI is InChI=1S/C14H16ClN3O2/c1-3-18-8-7-16-13(14(18)19)17-9-10-11(15)5-4-6-12(10)20-2/h4-8H,3,9H2,1-2H3,(H,16,17). The molecule has 2 rings (SSSR count). The molecule has 1 heterocycles. The number of aryl methyl sites for hydroxylation is 1. The molecule has 0 unspecified atom stereocenters. The molecule has 0 aliphatic heterocycles. The highest BCUT2D eigenvalue weighted by molar-refractivity contribution is 6.31. The summed E-state index contributed by atoms with van der Waals surface area (Å²) in [4.78, 5) is 16.1. The van der Waals surface area contributed by atoms with Crippen molar-refractivity contribution in [2.24, 2.45) is 0 Å². The third-order valence-corrected chi connectivity index (χ3v) is 3.34. The van der Waals surface area contributed by atoms with E-state index >= 15 is 0 Å². The van der Waals surface area contributed by atoms with Crippen LogP contribution in [0, 0.1) is 0 Å². The van der Waals surface area contributed by atoms with Crippen LogP contribution in [0.4, 0.5) is 5.82 Å². The number of nitrogens with zero attached hydrogens (tertiary/aromatic N) is 2. The Morgan fingerprint density at radius 3 is 2.95 bits per heavy atom. The largest absolute Gasteiger partial charge is 0.496 e. The fourth-order valence-corrected chi connectivity index (χ4v) is 2.12. The van der Waals surface area contributed by atoms with E-state index in [1.165, 1.54) is 0 Å². The highest BCUT2D eigenvalue weighted by Gasteiger charge is 2.09. The molecule has 0 aliphatic carbocycles. The van der Waals surface area contributed by atoms with Gasteiger partial charge in [-0.2, -0.15) is 0 Å². The summed E-state index contributed by atoms with van der Waals surface area (Å²) in [5.74, 6) is 0.980. The molecule has 0 fully saturated rings. The number of hydrogen-bond acceptors (Lipinski definition) is 4. The number of halogens is 1. The molecule has 6 heteroatoms. The quantitative estimate of drug-likeness (QED) is 0.920. The normalized spacial score (nSPS) is 10.3. The molecule has 5 nitrogen and oxygen atoms in total. The lowest BCUT2D eigenvalue weighted by Crippen LogP contribution is -2.23. The summed E-state index contributed by atoms with van der Waals surface area (Å²) in [7, 11) is 1.58. The molecular formula is C14H16ClN3O2. The summed E-state index contributed by atoms with van der Waals surface area (Å²) < 4.78 is 6.84. The van der Waals surface area contributed by atoms with Crippen molar-refractivity contribution in [2.75, 3.05) is 12.4 Å². The zero-order chi connectivity index (χ0) is 14.5. The maximum Gasteiger partial charge on any atom is 0.293 e. The Balaban J connectivity index is 2.24. The first kappa shape index (κ1) is 14.4. The van der Waals surface area contributed by atoms with E-state index in [0.717, 1.165) is 5.56 Å². The van der Waals surface area contributed by atoms with Gasteiger partial charge in [-0.3, -0.25) is 4.79 Å². The van der Waals surface area contributed by atoms with E-state index in [9.17, 15) is 4.79 Å². The Hall–Kier alpha value is -2.01. The number of benzene rings is 1. The van der Waals surface area contributed by atoms with Crippen LogP contribution in [-0.2, 0) is 13.1 Å². The van der Waals surface area contributed by atoms with E-state index in [1.807, 2.05) is 19.1 Å². The third kappa shape index (κ3) is 2.93. The summed E-state index contributed by atoms with van der Waals surface area (Å²) >= 11 is 6.15. The molecule has 0 spiro atoms. The second-order valence-electron chi connectivity index (χ2n) is 4.14. The number of rotatable bonds is 5. The zero-order valence-corrected chi connectivity index (χ0v) is 12.1. The van der Waals surface area contributed by atoms with E-state index < -0.39 is 0 Å². The minimum absolute atomic E-state index is 0.152. The van der Waals surface area contributed by atoms with Crippen LogP contribution in [0.5, 0.6) is 5.75 Å². The van der Waals surface area contributed by atoms with Crippen LogP contribution >= 0.6 is 11.6 Å². The summed E-state index contributed by atoms with van der Waals surface area (Å²) in [6.07, 6.45) is 3.25. The molecule has 0 bridgehead atoms. The lowest BCUT2D eigenvalue weighted by molar-refractivity contribution is 0.410. The molecule has 106 valence electrons. The molecule has 2 aromatic rings. The monoisotopic (exact) mass is 293 g/mol. The predicted octanol–water partition coefficient (Wildman–Crippen LogP) is 2.54. The van der Waals surface area contributed by atoms with Crippen LogP contribution in [0.1, 0.15) is 12.5 Å². The van der Waals surface area contributed by atoms with Crippen LogP contribution < -0.4 is 15.6 Å². The maximum absolute atomic E-state index is 12.0. The van der Waals surface area contributed by atoms with Gasteiger partial charge in [0, 0.05) is 36.1 Å². The first-order valence-corrected chi connectivity index (χ1v) is 6.65. The molecular weight excluding hydrogens is 278 g/mol. The first-order chi connectivity index (χ1) is 9.67. The Bertz CT molecular complexity index is 655. The smallest absolute Gasteiger partial charge is 0.293 e. The number of ether oxygens (including phenoxy) is 1. The second-order valence-corrected chi connectivity index (χ2v) is 4.55. The number of methoxy groups -OCH3 is 1. The molecule has 0 saturated heterocycles. The number of anilines is 1. The van der Waals surface area contributed by atoms with Crippen LogP contribution in [-0.4, -0.2) is 16.7 Å². The molecule has 20 heavy (non-hydrogen) atoms. The molecule has 0 atom stereocenters. The van der Waals surface area contributed by atoms with Crippen molar-refractivity contribution >= 4 is 17.4 Å². The van der Waals surface area contributed by atoms with E-state index in [2.05, 4.69) is 10.3 Å². The molecule has 0 aliphatic rings. The van der Waals surface area contributed by atoms with Crippen LogP contribution in [0.15, 0.2) is 35.4 Å². The van der Waals surface area contributed by atoms with Gasteiger partial charge in [0.25, 0.3) is 5.56 Å². The van der Waals surface area contributed by atoms with Crippen LogP contribution in [0.25, 0.3) is 0 Å². The number of aromatic nitrogens is 2. The van der Waals surface area contributed by atoms with Gasteiger partial charge < -0.3 is 14.6 Å². The van der Waals surface area contributed by atoms with Crippen molar-refractivity contribution < 1.29 is 4.74 Å². The molecule has 0 amide bonds. The average molecular weight is 294 g/mol. The molecule has 1 N–H and O–H groups in total. The Morgan fingerprint density at radius 2 is 2.25 bits per heavy atom. The third-order valence-electron chi connectivity index (χ3n) is 2.98. The second kappa shape index (κ2) is 6.43. The zero-order valence-electron chi connectivity index (χ0n) is 11.4. The Morgan fingerprint density at radius 1 is 1.45 bits per heavy atom. The van der Waals surface area contributed by atoms with Gasteiger partial charge in [-0.25, -0.2) is 4.98 Å². The molecule has 1 aromatic carbocycles. The van der Waals surface area contributed by atoms with Gasteiger partial charge in [0.1, 0.15) is 5.75 Å². The van der Waals surface area contributed by atoms with Gasteiger partial charge in [0.15, 0.2) is 5.82 Å². The minimum atomic E-state index is -0.152. The van der Waals surface area contributed by atoms with Crippen molar-refractivity contribution in [2.45, 2.75) is 20.0 Å². The Kier molecular flexibility index (Phi) is 4.63. The highest BCUT2D eigenvalue weighted by atomic mass is 35.5. The lowest BCUT2D eigenvalue weighted by Gasteiger charge is -2.12. The van der Waals surface area contributed by atoms with Gasteiger partial charge in [-0.05, 0) is 19.1 Å². The summed E-state index contributed by atoms with van der Waals surface area (Å²) in [5, 5.41) is 3.60. The lowest BCUT2D eigenvalue weighted by atomic mass is 10.2. The van der Waals surface area contributed by atoms with E-state index in [4.69, 9.17) is 16.3 Å². The minimum Gasteiger partial charge on any atom is -0.496 e. The number of nitrogens with one attached hydrogen (secondary N) is 1. The maximum atomic E-state index is 12.0.